The minimum Gasteiger partial charge on any atom is -0.497 e. The Morgan fingerprint density at radius 3 is 2.53 bits per heavy atom. The van der Waals surface area contributed by atoms with Crippen molar-refractivity contribution in [3.63, 3.8) is 0 Å². The van der Waals surface area contributed by atoms with E-state index < -0.39 is 26.6 Å². The Hall–Kier alpha value is -3.66. The van der Waals surface area contributed by atoms with Crippen molar-refractivity contribution < 1.29 is 22.7 Å². The fourth-order valence-electron chi connectivity index (χ4n) is 8.81. The number of carbonyl (C=O) groups excluding carboxylic acids is 2. The average molecular weight is 657 g/mol. The first-order valence-electron chi connectivity index (χ1n) is 17.3. The Morgan fingerprint density at radius 1 is 1.02 bits per heavy atom. The van der Waals surface area contributed by atoms with Crippen molar-refractivity contribution >= 4 is 38.5 Å². The molecule has 1 aromatic heterocycles. The van der Waals surface area contributed by atoms with Crippen LogP contribution in [0.3, 0.4) is 0 Å². The van der Waals surface area contributed by atoms with Crippen LogP contribution >= 0.6 is 0 Å². The fourth-order valence-corrected chi connectivity index (χ4v) is 10.1. The monoisotopic (exact) mass is 656 g/mol. The van der Waals surface area contributed by atoms with E-state index in [0.29, 0.717) is 37.4 Å². The van der Waals surface area contributed by atoms with Crippen LogP contribution in [-0.2, 0) is 21.4 Å². The van der Waals surface area contributed by atoms with Crippen molar-refractivity contribution in [3.8, 4) is 17.0 Å². The SMILES string of the molecule is COc1ccc2c(c1)C(C)C(C)(C(=O)N1CC3=NCCC1C3)Cn1c-2c(C2CCCCC2)c2ccc(C(=O)NS(=O)(=O)C3CC3)cc21. The van der Waals surface area contributed by atoms with Gasteiger partial charge in [0.15, 0.2) is 0 Å². The minimum atomic E-state index is -3.70. The number of benzene rings is 2. The van der Waals surface area contributed by atoms with Gasteiger partial charge < -0.3 is 14.2 Å². The van der Waals surface area contributed by atoms with E-state index >= 15 is 0 Å². The van der Waals surface area contributed by atoms with Crippen LogP contribution in [0.15, 0.2) is 41.4 Å². The summed E-state index contributed by atoms with van der Waals surface area (Å²) >= 11 is 0. The molecule has 2 aliphatic carbocycles. The third kappa shape index (κ3) is 5.00. The number of nitrogens with one attached hydrogen (secondary N) is 1. The molecule has 0 radical (unpaired) electrons. The van der Waals surface area contributed by atoms with Crippen LogP contribution in [0.1, 0.15) is 105 Å². The number of amides is 2. The molecule has 9 nitrogen and oxygen atoms in total. The van der Waals surface area contributed by atoms with E-state index in [1.54, 1.807) is 13.2 Å². The molecule has 3 unspecified atom stereocenters. The normalized spacial score (nSPS) is 25.9. The van der Waals surface area contributed by atoms with E-state index in [4.69, 9.17) is 9.73 Å². The number of fused-ring (bicyclic) bond motifs is 7. The van der Waals surface area contributed by atoms with E-state index in [-0.39, 0.29) is 17.9 Å². The minimum absolute atomic E-state index is 0.133. The van der Waals surface area contributed by atoms with Crippen LogP contribution in [0, 0.1) is 5.41 Å². The number of likely N-dealkylation sites (tertiary alicyclic amines) is 1. The number of carbonyl (C=O) groups is 2. The summed E-state index contributed by atoms with van der Waals surface area (Å²) in [5.41, 5.74) is 6.06. The second-order valence-electron chi connectivity index (χ2n) is 14.7. The van der Waals surface area contributed by atoms with Crippen LogP contribution in [0.25, 0.3) is 22.2 Å². The van der Waals surface area contributed by atoms with Crippen LogP contribution in [0.5, 0.6) is 5.75 Å². The largest absolute Gasteiger partial charge is 0.497 e. The molecule has 2 amide bonds. The van der Waals surface area contributed by atoms with Gasteiger partial charge in [-0.05, 0) is 92.3 Å². The highest BCUT2D eigenvalue weighted by atomic mass is 32.2. The lowest BCUT2D eigenvalue weighted by molar-refractivity contribution is -0.144. The maximum absolute atomic E-state index is 14.9. The summed E-state index contributed by atoms with van der Waals surface area (Å²) in [6.07, 6.45) is 8.63. The highest BCUT2D eigenvalue weighted by Crippen LogP contribution is 2.53. The standard InChI is InChI=1S/C37H44N4O5S/c1-22-31-19-27(46-3)10-14-29(31)34-33(23-7-5-4-6-8-23)30-13-9-24(35(42)39-47(44,45)28-11-12-28)17-32(30)41(34)21-37(22,2)36(43)40-20-25-18-26(40)15-16-38-25/h9-10,13-14,17,19,22-23,26,28H,4-8,11-12,15-16,18,20-21H2,1-3H3,(H,39,42). The van der Waals surface area contributed by atoms with Gasteiger partial charge in [-0.1, -0.05) is 32.3 Å². The fraction of sp³-hybridized carbons (Fsp3) is 0.541. The second-order valence-corrected chi connectivity index (χ2v) is 16.7. The molecule has 47 heavy (non-hydrogen) atoms. The smallest absolute Gasteiger partial charge is 0.264 e. The van der Waals surface area contributed by atoms with Crippen molar-refractivity contribution in [1.82, 2.24) is 14.2 Å². The first kappa shape index (κ1) is 30.7. The van der Waals surface area contributed by atoms with Gasteiger partial charge in [-0.15, -0.1) is 0 Å². The molecule has 8 rings (SSSR count). The summed E-state index contributed by atoms with van der Waals surface area (Å²) in [4.78, 5) is 35.2. The molecule has 3 atom stereocenters. The molecule has 10 heteroatoms. The second kappa shape index (κ2) is 11.2. The maximum Gasteiger partial charge on any atom is 0.264 e. The molecule has 2 bridgehead atoms. The van der Waals surface area contributed by atoms with Crippen molar-refractivity contribution in [2.75, 3.05) is 20.2 Å². The van der Waals surface area contributed by atoms with Crippen LogP contribution in [-0.4, -0.2) is 66.9 Å². The molecule has 4 heterocycles. The van der Waals surface area contributed by atoms with E-state index in [0.717, 1.165) is 71.4 Å². The van der Waals surface area contributed by atoms with Gasteiger partial charge in [0.25, 0.3) is 5.91 Å². The van der Waals surface area contributed by atoms with Gasteiger partial charge in [-0.3, -0.25) is 14.6 Å². The third-order valence-electron chi connectivity index (χ3n) is 11.8. The van der Waals surface area contributed by atoms with Crippen molar-refractivity contribution in [2.45, 2.75) is 101 Å². The molecule has 5 aliphatic rings. The van der Waals surface area contributed by atoms with Gasteiger partial charge in [0.1, 0.15) is 5.75 Å². The molecule has 3 fully saturated rings. The molecular weight excluding hydrogens is 612 g/mol. The summed E-state index contributed by atoms with van der Waals surface area (Å²) < 4.78 is 35.8. The summed E-state index contributed by atoms with van der Waals surface area (Å²) in [7, 11) is -2.02. The van der Waals surface area contributed by atoms with Crippen molar-refractivity contribution in [2.24, 2.45) is 10.4 Å². The number of ether oxygens (including phenoxy) is 1. The lowest BCUT2D eigenvalue weighted by Gasteiger charge is -2.39. The number of nitrogens with zero attached hydrogens (tertiary/aromatic N) is 3. The lowest BCUT2D eigenvalue weighted by Crippen LogP contribution is -2.48. The average Bonchev–Trinajstić information content (AvgIpc) is 3.86. The van der Waals surface area contributed by atoms with Gasteiger partial charge in [0.05, 0.1) is 30.0 Å². The zero-order chi connectivity index (χ0) is 32.7. The van der Waals surface area contributed by atoms with E-state index in [1.807, 2.05) is 18.2 Å². The number of rotatable bonds is 6. The quantitative estimate of drug-likeness (QED) is 0.342. The van der Waals surface area contributed by atoms with Gasteiger partial charge in [-0.25, -0.2) is 13.1 Å². The Balaban J connectivity index is 1.34. The first-order valence-corrected chi connectivity index (χ1v) is 18.9. The van der Waals surface area contributed by atoms with Crippen LogP contribution in [0.2, 0.25) is 0 Å². The number of sulfonamides is 1. The number of hydrogen-bond acceptors (Lipinski definition) is 6. The molecule has 3 aromatic rings. The Morgan fingerprint density at radius 2 is 1.81 bits per heavy atom. The zero-order valence-electron chi connectivity index (χ0n) is 27.5. The number of hydrogen-bond donors (Lipinski definition) is 1. The molecule has 1 N–H and O–H groups in total. The Labute approximate surface area is 276 Å². The van der Waals surface area contributed by atoms with Crippen LogP contribution < -0.4 is 9.46 Å². The van der Waals surface area contributed by atoms with Crippen LogP contribution in [0.4, 0.5) is 0 Å². The predicted octanol–water partition coefficient (Wildman–Crippen LogP) is 6.16. The van der Waals surface area contributed by atoms with E-state index in [9.17, 15) is 18.0 Å². The van der Waals surface area contributed by atoms with E-state index in [1.165, 1.54) is 24.8 Å². The summed E-state index contributed by atoms with van der Waals surface area (Å²) in [5.74, 6) is 0.501. The Bertz CT molecular complexity index is 1940. The zero-order valence-corrected chi connectivity index (χ0v) is 28.4. The molecule has 2 aromatic carbocycles. The number of aliphatic imine (C=N–C) groups is 1. The number of methoxy groups -OCH3 is 1. The number of aromatic nitrogens is 1. The highest BCUT2D eigenvalue weighted by Gasteiger charge is 2.50. The molecule has 2 saturated carbocycles. The third-order valence-corrected chi connectivity index (χ3v) is 13.6. The lowest BCUT2D eigenvalue weighted by atomic mass is 9.72. The van der Waals surface area contributed by atoms with E-state index in [2.05, 4.69) is 40.2 Å². The predicted molar refractivity (Wildman–Crippen MR) is 183 cm³/mol. The van der Waals surface area contributed by atoms with Crippen molar-refractivity contribution in [1.29, 1.82) is 0 Å². The van der Waals surface area contributed by atoms with Gasteiger partial charge in [-0.2, -0.15) is 0 Å². The van der Waals surface area contributed by atoms with Crippen molar-refractivity contribution in [3.05, 3.63) is 53.1 Å². The molecule has 0 spiro atoms. The van der Waals surface area contributed by atoms with Gasteiger partial charge >= 0.3 is 0 Å². The molecular formula is C37H44N4O5S. The summed E-state index contributed by atoms with van der Waals surface area (Å²) in [5, 5.41) is 0.585. The molecule has 248 valence electrons. The summed E-state index contributed by atoms with van der Waals surface area (Å²) in [6.45, 7) is 6.07. The maximum atomic E-state index is 14.9. The first-order chi connectivity index (χ1) is 22.6. The van der Waals surface area contributed by atoms with Gasteiger partial charge in [0, 0.05) is 53.3 Å². The topological polar surface area (TPSA) is 110 Å². The molecule has 1 saturated heterocycles. The van der Waals surface area contributed by atoms with Gasteiger partial charge in [0.2, 0.25) is 15.9 Å². The molecule has 3 aliphatic heterocycles. The highest BCUT2D eigenvalue weighted by molar-refractivity contribution is 7.91. The summed E-state index contributed by atoms with van der Waals surface area (Å²) in [6, 6.07) is 12.1. The Kier molecular flexibility index (Phi) is 7.31.